The third kappa shape index (κ3) is 4.18. The monoisotopic (exact) mass is 318 g/mol. The molecule has 0 aliphatic heterocycles. The summed E-state index contributed by atoms with van der Waals surface area (Å²) in [7, 11) is 0. The highest BCUT2D eigenvalue weighted by Crippen LogP contribution is 2.26. The summed E-state index contributed by atoms with van der Waals surface area (Å²) in [6.07, 6.45) is 0. The first-order valence-corrected chi connectivity index (χ1v) is 8.38. The number of hydrogen-bond acceptors (Lipinski definition) is 4. The van der Waals surface area contributed by atoms with Crippen LogP contribution in [0, 0.1) is 11.8 Å². The largest absolute Gasteiger partial charge is 0.351 e. The van der Waals surface area contributed by atoms with Crippen molar-refractivity contribution in [3.8, 4) is 11.8 Å². The van der Waals surface area contributed by atoms with Gasteiger partial charge in [0.15, 0.2) is 0 Å². The van der Waals surface area contributed by atoms with Gasteiger partial charge in [-0.3, -0.25) is 4.79 Å². The van der Waals surface area contributed by atoms with E-state index in [1.807, 2.05) is 11.4 Å². The molecule has 0 fully saturated rings. The zero-order valence-corrected chi connectivity index (χ0v) is 13.7. The van der Waals surface area contributed by atoms with E-state index in [2.05, 4.69) is 42.5 Å². The summed E-state index contributed by atoms with van der Waals surface area (Å²) >= 11 is 3.17. The van der Waals surface area contributed by atoms with Crippen LogP contribution >= 0.6 is 22.7 Å². The molecule has 0 unspecified atom stereocenters. The van der Waals surface area contributed by atoms with E-state index in [-0.39, 0.29) is 11.3 Å². The van der Waals surface area contributed by atoms with Gasteiger partial charge < -0.3 is 11.1 Å². The topological polar surface area (TPSA) is 55.1 Å². The summed E-state index contributed by atoms with van der Waals surface area (Å²) in [5.41, 5.74) is 5.93. The standard InChI is InChI=1S/C16H18N2OS2/c1-16(2,14-6-4-8-20-14)11-18-15(19)12-9-13(21-10-12)5-3-7-17/h4,6,8-10H,7,11,17H2,1-2H3,(H,18,19). The first-order chi connectivity index (χ1) is 10.0. The highest BCUT2D eigenvalue weighted by Gasteiger charge is 2.22. The van der Waals surface area contributed by atoms with Crippen molar-refractivity contribution in [2.45, 2.75) is 19.3 Å². The molecule has 0 saturated carbocycles. The van der Waals surface area contributed by atoms with Gasteiger partial charge >= 0.3 is 0 Å². The molecule has 2 aromatic heterocycles. The van der Waals surface area contributed by atoms with Crippen LogP contribution in [-0.4, -0.2) is 19.0 Å². The van der Waals surface area contributed by atoms with E-state index in [1.54, 1.807) is 17.4 Å². The van der Waals surface area contributed by atoms with Crippen LogP contribution in [0.5, 0.6) is 0 Å². The minimum atomic E-state index is -0.0674. The minimum absolute atomic E-state index is 0.0586. The zero-order chi connectivity index (χ0) is 15.3. The van der Waals surface area contributed by atoms with Crippen LogP contribution in [0.3, 0.4) is 0 Å². The van der Waals surface area contributed by atoms with Gasteiger partial charge in [-0.05, 0) is 17.5 Å². The van der Waals surface area contributed by atoms with Gasteiger partial charge in [0.1, 0.15) is 0 Å². The summed E-state index contributed by atoms with van der Waals surface area (Å²) in [4.78, 5) is 14.3. The Balaban J connectivity index is 1.97. The van der Waals surface area contributed by atoms with E-state index in [0.29, 0.717) is 18.7 Å². The van der Waals surface area contributed by atoms with E-state index in [1.165, 1.54) is 16.2 Å². The lowest BCUT2D eigenvalue weighted by atomic mass is 9.91. The van der Waals surface area contributed by atoms with Gasteiger partial charge in [0.2, 0.25) is 0 Å². The number of thiophene rings is 2. The number of nitrogens with two attached hydrogens (primary N) is 1. The zero-order valence-electron chi connectivity index (χ0n) is 12.1. The van der Waals surface area contributed by atoms with Gasteiger partial charge in [-0.15, -0.1) is 22.7 Å². The number of rotatable bonds is 4. The highest BCUT2D eigenvalue weighted by atomic mass is 32.1. The maximum absolute atomic E-state index is 12.2. The normalized spacial score (nSPS) is 10.8. The first kappa shape index (κ1) is 15.8. The van der Waals surface area contributed by atoms with E-state index >= 15 is 0 Å². The average molecular weight is 318 g/mol. The SMILES string of the molecule is CC(C)(CNC(=O)c1csc(C#CCN)c1)c1cccs1. The third-order valence-corrected chi connectivity index (χ3v) is 5.14. The minimum Gasteiger partial charge on any atom is -0.351 e. The summed E-state index contributed by atoms with van der Waals surface area (Å²) in [5, 5.41) is 6.88. The predicted molar refractivity (Wildman–Crippen MR) is 89.9 cm³/mol. The fraction of sp³-hybridized carbons (Fsp3) is 0.312. The number of hydrogen-bond donors (Lipinski definition) is 2. The molecular weight excluding hydrogens is 300 g/mol. The molecule has 1 amide bonds. The fourth-order valence-electron chi connectivity index (χ4n) is 1.81. The van der Waals surface area contributed by atoms with E-state index in [0.717, 1.165) is 4.88 Å². The molecule has 0 bridgehead atoms. The van der Waals surface area contributed by atoms with Gasteiger partial charge in [-0.25, -0.2) is 0 Å². The number of carbonyl (C=O) groups is 1. The third-order valence-electron chi connectivity index (χ3n) is 3.05. The predicted octanol–water partition coefficient (Wildman–Crippen LogP) is 2.83. The molecule has 3 nitrogen and oxygen atoms in total. The molecule has 2 aromatic rings. The second-order valence-corrected chi connectivity index (χ2v) is 7.11. The van der Waals surface area contributed by atoms with Crippen molar-refractivity contribution in [1.29, 1.82) is 0 Å². The Bertz CT molecular complexity index is 660. The van der Waals surface area contributed by atoms with Crippen molar-refractivity contribution in [2.75, 3.05) is 13.1 Å². The van der Waals surface area contributed by atoms with Crippen molar-refractivity contribution in [2.24, 2.45) is 5.73 Å². The van der Waals surface area contributed by atoms with Crippen LogP contribution in [0.2, 0.25) is 0 Å². The number of carbonyl (C=O) groups excluding carboxylic acids is 1. The Hall–Kier alpha value is -1.61. The molecule has 0 saturated heterocycles. The molecular formula is C16H18N2OS2. The number of nitrogens with one attached hydrogen (secondary N) is 1. The second kappa shape index (κ2) is 6.90. The molecule has 21 heavy (non-hydrogen) atoms. The first-order valence-electron chi connectivity index (χ1n) is 6.62. The van der Waals surface area contributed by atoms with Crippen LogP contribution in [0.25, 0.3) is 0 Å². The van der Waals surface area contributed by atoms with Crippen molar-refractivity contribution < 1.29 is 4.79 Å². The number of amides is 1. The average Bonchev–Trinajstić information content (AvgIpc) is 3.13. The van der Waals surface area contributed by atoms with Gasteiger partial charge in [-0.1, -0.05) is 31.8 Å². The van der Waals surface area contributed by atoms with Crippen molar-refractivity contribution in [1.82, 2.24) is 5.32 Å². The van der Waals surface area contributed by atoms with Crippen molar-refractivity contribution in [3.05, 3.63) is 44.3 Å². The van der Waals surface area contributed by atoms with Crippen molar-refractivity contribution >= 4 is 28.6 Å². The molecule has 2 heterocycles. The highest BCUT2D eigenvalue weighted by molar-refractivity contribution is 7.10. The van der Waals surface area contributed by atoms with Crippen LogP contribution in [0.1, 0.15) is 34.0 Å². The molecule has 0 aliphatic rings. The lowest BCUT2D eigenvalue weighted by Gasteiger charge is -2.23. The van der Waals surface area contributed by atoms with E-state index in [4.69, 9.17) is 5.73 Å². The lowest BCUT2D eigenvalue weighted by molar-refractivity contribution is 0.0946. The van der Waals surface area contributed by atoms with Crippen LogP contribution in [-0.2, 0) is 5.41 Å². The maximum Gasteiger partial charge on any atom is 0.252 e. The fourth-order valence-corrected chi connectivity index (χ4v) is 3.42. The summed E-state index contributed by atoms with van der Waals surface area (Å²) in [5.74, 6) is 5.67. The Labute approximate surface area is 133 Å². The summed E-state index contributed by atoms with van der Waals surface area (Å²) in [6.45, 7) is 5.19. The summed E-state index contributed by atoms with van der Waals surface area (Å²) < 4.78 is 0. The van der Waals surface area contributed by atoms with E-state index in [9.17, 15) is 4.79 Å². The molecule has 0 atom stereocenters. The summed E-state index contributed by atoms with van der Waals surface area (Å²) in [6, 6.07) is 5.94. The maximum atomic E-state index is 12.2. The van der Waals surface area contributed by atoms with Gasteiger partial charge in [0.05, 0.1) is 17.0 Å². The quantitative estimate of drug-likeness (QED) is 0.852. The Morgan fingerprint density at radius 3 is 2.90 bits per heavy atom. The molecule has 5 heteroatoms. The molecule has 0 radical (unpaired) electrons. The van der Waals surface area contributed by atoms with E-state index < -0.39 is 0 Å². The lowest BCUT2D eigenvalue weighted by Crippen LogP contribution is -2.36. The molecule has 0 aliphatic carbocycles. The molecule has 0 aromatic carbocycles. The van der Waals surface area contributed by atoms with Crippen LogP contribution in [0.4, 0.5) is 0 Å². The van der Waals surface area contributed by atoms with Gasteiger partial charge in [0, 0.05) is 22.2 Å². The van der Waals surface area contributed by atoms with Crippen molar-refractivity contribution in [3.63, 3.8) is 0 Å². The molecule has 2 rings (SSSR count). The molecule has 3 N–H and O–H groups in total. The van der Waals surface area contributed by atoms with Gasteiger partial charge in [-0.2, -0.15) is 0 Å². The Morgan fingerprint density at radius 2 is 2.24 bits per heavy atom. The van der Waals surface area contributed by atoms with Crippen LogP contribution < -0.4 is 11.1 Å². The Kier molecular flexibility index (Phi) is 5.18. The smallest absolute Gasteiger partial charge is 0.252 e. The Morgan fingerprint density at radius 1 is 1.43 bits per heavy atom. The van der Waals surface area contributed by atoms with Crippen LogP contribution in [0.15, 0.2) is 29.0 Å². The molecule has 110 valence electrons. The second-order valence-electron chi connectivity index (χ2n) is 5.25. The van der Waals surface area contributed by atoms with Gasteiger partial charge in [0.25, 0.3) is 5.91 Å². The molecule has 0 spiro atoms.